The number of nitrogens with zero attached hydrogens (tertiary/aromatic N) is 3. The lowest BCUT2D eigenvalue weighted by atomic mass is 10.1. The van der Waals surface area contributed by atoms with Gasteiger partial charge in [0, 0.05) is 58.6 Å². The van der Waals surface area contributed by atoms with E-state index in [1.165, 1.54) is 12.1 Å². The van der Waals surface area contributed by atoms with Crippen LogP contribution < -0.4 is 4.90 Å². The molecule has 1 aliphatic heterocycles. The minimum absolute atomic E-state index is 0.281. The van der Waals surface area contributed by atoms with Crippen molar-refractivity contribution in [1.82, 2.24) is 10.1 Å². The molecule has 3 rings (SSSR count). The van der Waals surface area contributed by atoms with Crippen molar-refractivity contribution in [3.05, 3.63) is 35.6 Å². The lowest BCUT2D eigenvalue weighted by Gasteiger charge is -2.29. The zero-order chi connectivity index (χ0) is 24.3. The van der Waals surface area contributed by atoms with Gasteiger partial charge in [0.25, 0.3) is 0 Å². The van der Waals surface area contributed by atoms with E-state index in [1.807, 2.05) is 0 Å². The fourth-order valence-corrected chi connectivity index (χ4v) is 3.97. The summed E-state index contributed by atoms with van der Waals surface area (Å²) in [6.45, 7) is 10.0. The van der Waals surface area contributed by atoms with Gasteiger partial charge in [0.05, 0.1) is 31.5 Å². The molecule has 0 amide bonds. The third-order valence-corrected chi connectivity index (χ3v) is 5.62. The summed E-state index contributed by atoms with van der Waals surface area (Å²) >= 11 is 0. The van der Waals surface area contributed by atoms with Gasteiger partial charge in [0.15, 0.2) is 0 Å². The maximum atomic E-state index is 13.6. The highest BCUT2D eigenvalue weighted by atomic mass is 19.1. The molecule has 1 fully saturated rings. The average molecular weight is 480 g/mol. The number of morpholine rings is 1. The van der Waals surface area contributed by atoms with E-state index in [0.717, 1.165) is 24.1 Å². The van der Waals surface area contributed by atoms with Crippen molar-refractivity contribution in [2.24, 2.45) is 5.92 Å². The second kappa shape index (κ2) is 13.7. The Balaban J connectivity index is 1.82. The first kappa shape index (κ1) is 26.6. The molecule has 1 atom stereocenters. The summed E-state index contributed by atoms with van der Waals surface area (Å²) in [4.78, 5) is 4.31. The molecule has 190 valence electrons. The van der Waals surface area contributed by atoms with Crippen molar-refractivity contribution in [3.63, 3.8) is 0 Å². The van der Waals surface area contributed by atoms with Gasteiger partial charge in [-0.15, -0.1) is 0 Å². The smallest absolute Gasteiger partial charge is 0.232 e. The van der Waals surface area contributed by atoms with E-state index in [4.69, 9.17) is 18.7 Å². The van der Waals surface area contributed by atoms with Crippen LogP contribution in [0, 0.1) is 11.7 Å². The lowest BCUT2D eigenvalue weighted by Crippen LogP contribution is -2.38. The van der Waals surface area contributed by atoms with Crippen molar-refractivity contribution >= 4 is 5.88 Å². The van der Waals surface area contributed by atoms with E-state index >= 15 is 0 Å². The molecule has 1 aliphatic rings. The second-order valence-corrected chi connectivity index (χ2v) is 9.09. The number of methoxy groups -OCH3 is 1. The number of anilines is 1. The number of hydrogen-bond acceptors (Lipinski definition) is 8. The Morgan fingerprint density at radius 1 is 1.18 bits per heavy atom. The van der Waals surface area contributed by atoms with Gasteiger partial charge in [-0.3, -0.25) is 4.90 Å². The summed E-state index contributed by atoms with van der Waals surface area (Å²) < 4.78 is 35.8. The Morgan fingerprint density at radius 2 is 1.91 bits per heavy atom. The fourth-order valence-electron chi connectivity index (χ4n) is 3.97. The third-order valence-electron chi connectivity index (χ3n) is 5.62. The number of hydrogen-bond donors (Lipinski definition) is 1. The summed E-state index contributed by atoms with van der Waals surface area (Å²) in [6, 6.07) is 6.27. The number of aliphatic hydroxyl groups excluding tert-OH is 1. The predicted molar refractivity (Wildman–Crippen MR) is 128 cm³/mol. The predicted octanol–water partition coefficient (Wildman–Crippen LogP) is 3.19. The van der Waals surface area contributed by atoms with E-state index in [2.05, 4.69) is 28.8 Å². The molecule has 0 radical (unpaired) electrons. The zero-order valence-corrected chi connectivity index (χ0v) is 20.5. The molecule has 0 unspecified atom stereocenters. The maximum Gasteiger partial charge on any atom is 0.232 e. The van der Waals surface area contributed by atoms with Crippen molar-refractivity contribution in [3.8, 4) is 11.3 Å². The fraction of sp³-hybridized carbons (Fsp3) is 0.640. The van der Waals surface area contributed by atoms with E-state index in [1.54, 1.807) is 19.2 Å². The summed E-state index contributed by atoms with van der Waals surface area (Å²) in [5, 5.41) is 15.0. The van der Waals surface area contributed by atoms with E-state index in [0.29, 0.717) is 70.1 Å². The van der Waals surface area contributed by atoms with Crippen LogP contribution in [0.5, 0.6) is 0 Å². The first-order chi connectivity index (χ1) is 16.5. The van der Waals surface area contributed by atoms with Gasteiger partial charge in [-0.05, 0) is 36.6 Å². The number of halogens is 1. The lowest BCUT2D eigenvalue weighted by molar-refractivity contribution is 0.00581. The number of rotatable bonds is 14. The largest absolute Gasteiger partial charge is 0.389 e. The quantitative estimate of drug-likeness (QED) is 0.414. The maximum absolute atomic E-state index is 13.6. The molecule has 0 spiro atoms. The first-order valence-electron chi connectivity index (χ1n) is 12.0. The molecule has 2 heterocycles. The first-order valence-corrected chi connectivity index (χ1v) is 12.0. The normalized spacial score (nSPS) is 15.4. The highest BCUT2D eigenvalue weighted by Gasteiger charge is 2.26. The van der Waals surface area contributed by atoms with E-state index in [9.17, 15) is 9.50 Å². The van der Waals surface area contributed by atoms with Gasteiger partial charge >= 0.3 is 0 Å². The van der Waals surface area contributed by atoms with Crippen LogP contribution in [0.4, 0.5) is 10.3 Å². The molecule has 9 heteroatoms. The molecule has 1 saturated heterocycles. The topological polar surface area (TPSA) is 80.4 Å². The molecule has 0 saturated carbocycles. The van der Waals surface area contributed by atoms with Gasteiger partial charge in [-0.2, -0.15) is 0 Å². The summed E-state index contributed by atoms with van der Waals surface area (Å²) in [5.41, 5.74) is 2.39. The summed E-state index contributed by atoms with van der Waals surface area (Å²) in [6.07, 6.45) is 0.197. The number of aliphatic hydroxyl groups is 1. The minimum atomic E-state index is -0.623. The molecule has 0 bridgehead atoms. The highest BCUT2D eigenvalue weighted by molar-refractivity contribution is 5.68. The Bertz CT molecular complexity index is 840. The Morgan fingerprint density at radius 3 is 2.59 bits per heavy atom. The van der Waals surface area contributed by atoms with Gasteiger partial charge in [-0.25, -0.2) is 4.39 Å². The van der Waals surface area contributed by atoms with Crippen LogP contribution >= 0.6 is 0 Å². The molecule has 1 aromatic carbocycles. The van der Waals surface area contributed by atoms with Gasteiger partial charge in [0.2, 0.25) is 5.88 Å². The van der Waals surface area contributed by atoms with Crippen LogP contribution in [0.1, 0.15) is 25.8 Å². The van der Waals surface area contributed by atoms with Crippen molar-refractivity contribution < 1.29 is 28.2 Å². The molecule has 0 aliphatic carbocycles. The van der Waals surface area contributed by atoms with Crippen LogP contribution in [-0.2, 0) is 20.8 Å². The molecular weight excluding hydrogens is 441 g/mol. The van der Waals surface area contributed by atoms with Crippen LogP contribution in [-0.4, -0.2) is 87.6 Å². The Hall–Kier alpha value is -2.04. The summed E-state index contributed by atoms with van der Waals surface area (Å²) in [7, 11) is 1.68. The number of ether oxygens (including phenoxy) is 3. The van der Waals surface area contributed by atoms with Gasteiger partial charge in [-0.1, -0.05) is 19.0 Å². The molecule has 2 aromatic rings. The van der Waals surface area contributed by atoms with Crippen LogP contribution in [0.3, 0.4) is 0 Å². The monoisotopic (exact) mass is 479 g/mol. The third kappa shape index (κ3) is 8.02. The molecule has 1 aromatic heterocycles. The molecule has 34 heavy (non-hydrogen) atoms. The van der Waals surface area contributed by atoms with Crippen molar-refractivity contribution in [2.75, 3.05) is 71.2 Å². The Kier molecular flexibility index (Phi) is 10.7. The van der Waals surface area contributed by atoms with Gasteiger partial charge in [0.1, 0.15) is 11.5 Å². The van der Waals surface area contributed by atoms with Crippen molar-refractivity contribution in [1.29, 1.82) is 0 Å². The zero-order valence-electron chi connectivity index (χ0n) is 20.5. The number of benzene rings is 1. The van der Waals surface area contributed by atoms with Gasteiger partial charge < -0.3 is 28.7 Å². The van der Waals surface area contributed by atoms with Crippen LogP contribution in [0.2, 0.25) is 0 Å². The molecular formula is C25H38FN3O5. The van der Waals surface area contributed by atoms with E-state index < -0.39 is 6.10 Å². The van der Waals surface area contributed by atoms with Crippen LogP contribution in [0.15, 0.2) is 28.8 Å². The van der Waals surface area contributed by atoms with Crippen LogP contribution in [0.25, 0.3) is 11.3 Å². The Labute approximate surface area is 201 Å². The van der Waals surface area contributed by atoms with E-state index in [-0.39, 0.29) is 12.4 Å². The SMILES string of the molecule is COCCCN(Cc1c(-c2ccc(F)cc2)noc1N1CCOCC1)C[C@H](O)COCC(C)C. The van der Waals surface area contributed by atoms with Crippen molar-refractivity contribution in [2.45, 2.75) is 32.9 Å². The highest BCUT2D eigenvalue weighted by Crippen LogP contribution is 2.33. The second-order valence-electron chi connectivity index (χ2n) is 9.09. The molecule has 1 N–H and O–H groups in total. The number of aromatic nitrogens is 1. The molecule has 8 nitrogen and oxygen atoms in total. The summed E-state index contributed by atoms with van der Waals surface area (Å²) in [5.74, 6) is 0.814. The minimum Gasteiger partial charge on any atom is -0.389 e. The average Bonchev–Trinajstić information content (AvgIpc) is 3.23. The standard InChI is InChI=1S/C25H38FN3O5/c1-19(2)17-33-18-22(30)15-28(9-4-12-31-3)16-23-24(20-5-7-21(26)8-6-20)27-34-25(23)29-10-13-32-14-11-29/h5-8,19,22,30H,4,9-18H2,1-3H3/t22-/m0/s1.